The second-order valence-corrected chi connectivity index (χ2v) is 9.45. The Balaban J connectivity index is 1.77. The summed E-state index contributed by atoms with van der Waals surface area (Å²) >= 11 is 0. The number of hydrogen-bond acceptors (Lipinski definition) is 5. The predicted molar refractivity (Wildman–Crippen MR) is 134 cm³/mol. The van der Waals surface area contributed by atoms with Crippen LogP contribution in [0.25, 0.3) is 32.7 Å². The average molecular weight is 472 g/mol. The molecule has 34 heavy (non-hydrogen) atoms. The minimum Gasteiger partial charge on any atom is -0.507 e. The number of sulfonamides is 1. The normalized spacial score (nSPS) is 11.6. The maximum absolute atomic E-state index is 13.3. The number of fused-ring (bicyclic) bond motifs is 2. The van der Waals surface area contributed by atoms with Crippen molar-refractivity contribution >= 4 is 37.3 Å². The molecule has 7 heteroatoms. The summed E-state index contributed by atoms with van der Waals surface area (Å²) < 4.78 is 34.6. The molecule has 5 aromatic rings. The second-order valence-electron chi connectivity index (χ2n) is 7.80. The summed E-state index contributed by atoms with van der Waals surface area (Å²) in [5.74, 6) is 0.135. The number of hydrogen-bond donors (Lipinski definition) is 3. The lowest BCUT2D eigenvalue weighted by atomic mass is 9.93. The number of aromatic hydroxyl groups is 2. The second kappa shape index (κ2) is 8.28. The van der Waals surface area contributed by atoms with Crippen molar-refractivity contribution in [1.82, 2.24) is 0 Å². The van der Waals surface area contributed by atoms with Crippen molar-refractivity contribution in [2.24, 2.45) is 0 Å². The molecule has 0 bridgehead atoms. The van der Waals surface area contributed by atoms with E-state index in [1.807, 2.05) is 24.3 Å². The fourth-order valence-corrected chi connectivity index (χ4v) is 5.46. The lowest BCUT2D eigenvalue weighted by molar-refractivity contribution is 0.403. The fraction of sp³-hybridized carbons (Fsp3) is 0.0370. The average Bonchev–Trinajstić information content (AvgIpc) is 2.86. The molecule has 3 N–H and O–H groups in total. The Morgan fingerprint density at radius 3 is 2.18 bits per heavy atom. The van der Waals surface area contributed by atoms with Crippen LogP contribution >= 0.6 is 0 Å². The third-order valence-electron chi connectivity index (χ3n) is 5.80. The largest absolute Gasteiger partial charge is 0.507 e. The molecule has 0 heterocycles. The quantitative estimate of drug-likeness (QED) is 0.278. The van der Waals surface area contributed by atoms with Crippen LogP contribution in [0.2, 0.25) is 0 Å². The van der Waals surface area contributed by atoms with E-state index in [9.17, 15) is 18.6 Å². The minimum absolute atomic E-state index is 0.00999. The van der Waals surface area contributed by atoms with Crippen LogP contribution < -0.4 is 9.46 Å². The van der Waals surface area contributed by atoms with Crippen molar-refractivity contribution in [1.29, 1.82) is 0 Å². The highest BCUT2D eigenvalue weighted by Gasteiger charge is 2.23. The molecule has 0 atom stereocenters. The zero-order valence-corrected chi connectivity index (χ0v) is 19.0. The molecule has 5 aromatic carbocycles. The summed E-state index contributed by atoms with van der Waals surface area (Å²) in [4.78, 5) is -0.00999. The van der Waals surface area contributed by atoms with E-state index in [1.165, 1.54) is 13.2 Å². The first-order valence-corrected chi connectivity index (χ1v) is 12.0. The van der Waals surface area contributed by atoms with Crippen molar-refractivity contribution < 1.29 is 23.4 Å². The van der Waals surface area contributed by atoms with Crippen molar-refractivity contribution in [3.8, 4) is 28.4 Å². The molecule has 0 fully saturated rings. The highest BCUT2D eigenvalue weighted by Crippen LogP contribution is 2.46. The maximum Gasteiger partial charge on any atom is 0.265 e. The Hall–Kier alpha value is -4.23. The predicted octanol–water partition coefficient (Wildman–Crippen LogP) is 5.88. The summed E-state index contributed by atoms with van der Waals surface area (Å²) in [7, 11) is -2.62. The summed E-state index contributed by atoms with van der Waals surface area (Å²) in [6.45, 7) is 0. The number of phenolic OH excluding ortho intramolecular Hbond substituents is 2. The Morgan fingerprint density at radius 1 is 0.765 bits per heavy atom. The summed E-state index contributed by atoms with van der Waals surface area (Å²) in [5.41, 5.74) is 0.992. The van der Waals surface area contributed by atoms with Crippen molar-refractivity contribution in [2.75, 3.05) is 11.8 Å². The molecule has 0 aromatic heterocycles. The minimum atomic E-state index is -4.03. The van der Waals surface area contributed by atoms with Gasteiger partial charge in [0.15, 0.2) is 0 Å². The van der Waals surface area contributed by atoms with Gasteiger partial charge in [0.05, 0.1) is 12.8 Å². The van der Waals surface area contributed by atoms with Gasteiger partial charge in [-0.25, -0.2) is 8.42 Å². The number of phenols is 2. The molecule has 6 nitrogen and oxygen atoms in total. The fourth-order valence-electron chi connectivity index (χ4n) is 4.22. The van der Waals surface area contributed by atoms with Crippen LogP contribution in [0.5, 0.6) is 17.2 Å². The number of anilines is 1. The van der Waals surface area contributed by atoms with E-state index in [0.29, 0.717) is 21.9 Å². The highest BCUT2D eigenvalue weighted by atomic mass is 32.2. The third kappa shape index (κ3) is 3.56. The molecule has 0 aliphatic rings. The Kier molecular flexibility index (Phi) is 5.26. The number of rotatable bonds is 5. The number of nitrogens with one attached hydrogen (secondary N) is 1. The Bertz CT molecular complexity index is 1660. The maximum atomic E-state index is 13.3. The third-order valence-corrected chi connectivity index (χ3v) is 7.20. The monoisotopic (exact) mass is 471 g/mol. The Morgan fingerprint density at radius 2 is 1.41 bits per heavy atom. The van der Waals surface area contributed by atoms with E-state index >= 15 is 0 Å². The van der Waals surface area contributed by atoms with Crippen LogP contribution in [0, 0.1) is 0 Å². The zero-order chi connectivity index (χ0) is 23.9. The summed E-state index contributed by atoms with van der Waals surface area (Å²) in [6, 6.07) is 25.7. The van der Waals surface area contributed by atoms with Gasteiger partial charge in [-0.15, -0.1) is 0 Å². The molecule has 0 saturated carbocycles. The van der Waals surface area contributed by atoms with Gasteiger partial charge in [0.2, 0.25) is 0 Å². The zero-order valence-electron chi connectivity index (χ0n) is 18.2. The molecule has 0 unspecified atom stereocenters. The van der Waals surface area contributed by atoms with Gasteiger partial charge >= 0.3 is 0 Å². The molecule has 0 aliphatic heterocycles. The van der Waals surface area contributed by atoms with Crippen molar-refractivity contribution in [3.63, 3.8) is 0 Å². The smallest absolute Gasteiger partial charge is 0.265 e. The molecule has 0 aliphatic carbocycles. The molecular formula is C27H21NO5S. The molecule has 170 valence electrons. The topological polar surface area (TPSA) is 95.9 Å². The van der Waals surface area contributed by atoms with E-state index in [0.717, 1.165) is 10.8 Å². The number of para-hydroxylation sites is 1. The van der Waals surface area contributed by atoms with Crippen LogP contribution in [-0.4, -0.2) is 25.7 Å². The van der Waals surface area contributed by atoms with E-state index in [4.69, 9.17) is 4.74 Å². The van der Waals surface area contributed by atoms with Crippen LogP contribution in [0.15, 0.2) is 95.9 Å². The van der Waals surface area contributed by atoms with E-state index in [1.54, 1.807) is 60.7 Å². The van der Waals surface area contributed by atoms with Gasteiger partial charge in [0, 0.05) is 21.9 Å². The van der Waals surface area contributed by atoms with Gasteiger partial charge in [0.25, 0.3) is 10.0 Å². The number of ether oxygens (including phenoxy) is 1. The molecule has 0 radical (unpaired) electrons. The van der Waals surface area contributed by atoms with Gasteiger partial charge in [0.1, 0.15) is 22.1 Å². The van der Waals surface area contributed by atoms with Crippen molar-refractivity contribution in [3.05, 3.63) is 91.0 Å². The van der Waals surface area contributed by atoms with Gasteiger partial charge in [-0.3, -0.25) is 4.72 Å². The highest BCUT2D eigenvalue weighted by molar-refractivity contribution is 7.92. The van der Waals surface area contributed by atoms with Crippen LogP contribution in [0.1, 0.15) is 0 Å². The number of methoxy groups -OCH3 is 1. The van der Waals surface area contributed by atoms with Crippen LogP contribution in [0.3, 0.4) is 0 Å². The SMILES string of the molecule is COc1ccccc1S(=O)(=O)Nc1cc(-c2c(O)ccc3ccccc23)c(O)c2ccccc12. The van der Waals surface area contributed by atoms with Gasteiger partial charge in [-0.1, -0.05) is 66.7 Å². The van der Waals surface area contributed by atoms with E-state index in [2.05, 4.69) is 4.72 Å². The van der Waals surface area contributed by atoms with Gasteiger partial charge in [-0.05, 0) is 35.0 Å². The molecular weight excluding hydrogens is 450 g/mol. The van der Waals surface area contributed by atoms with E-state index < -0.39 is 10.0 Å². The van der Waals surface area contributed by atoms with E-state index in [-0.39, 0.29) is 27.8 Å². The first-order chi connectivity index (χ1) is 16.4. The van der Waals surface area contributed by atoms with Crippen LogP contribution in [0.4, 0.5) is 5.69 Å². The first kappa shape index (κ1) is 21.6. The molecule has 0 spiro atoms. The number of benzene rings is 5. The Labute approximate surface area is 196 Å². The summed E-state index contributed by atoms with van der Waals surface area (Å²) in [6.07, 6.45) is 0. The summed E-state index contributed by atoms with van der Waals surface area (Å²) in [5, 5.41) is 24.5. The standard InChI is InChI=1S/C27H21NO5S/c1-33-24-12-6-7-13-25(24)34(31,32)28-22-16-21(27(30)20-11-5-4-10-19(20)22)26-18-9-3-2-8-17(18)14-15-23(26)29/h2-16,28-30H,1H3. The van der Waals surface area contributed by atoms with Crippen LogP contribution in [-0.2, 0) is 10.0 Å². The lowest BCUT2D eigenvalue weighted by Gasteiger charge is -2.17. The lowest BCUT2D eigenvalue weighted by Crippen LogP contribution is -2.14. The molecule has 0 saturated heterocycles. The molecule has 5 rings (SSSR count). The van der Waals surface area contributed by atoms with Gasteiger partial charge < -0.3 is 14.9 Å². The molecule has 0 amide bonds. The first-order valence-electron chi connectivity index (χ1n) is 10.5. The van der Waals surface area contributed by atoms with Crippen molar-refractivity contribution in [2.45, 2.75) is 4.90 Å². The van der Waals surface area contributed by atoms with Gasteiger partial charge in [-0.2, -0.15) is 0 Å².